The van der Waals surface area contributed by atoms with Gasteiger partial charge in [-0.15, -0.1) is 11.3 Å². The van der Waals surface area contributed by atoms with Crippen molar-refractivity contribution in [1.82, 2.24) is 4.90 Å². The highest BCUT2D eigenvalue weighted by molar-refractivity contribution is 7.17. The van der Waals surface area contributed by atoms with Crippen molar-refractivity contribution in [3.05, 3.63) is 17.0 Å². The number of piperidine rings is 1. The molecule has 3 N–H and O–H groups in total. The topological polar surface area (TPSA) is 58.4 Å². The number of nitrogens with one attached hydrogen (secondary N) is 1. The Morgan fingerprint density at radius 2 is 2.39 bits per heavy atom. The first-order valence-corrected chi connectivity index (χ1v) is 7.26. The van der Waals surface area contributed by atoms with Crippen molar-refractivity contribution >= 4 is 22.2 Å². The molecular formula is C13H21N3OS. The summed E-state index contributed by atoms with van der Waals surface area (Å²) in [5, 5.41) is 4.08. The number of carbonyl (C=O) groups is 1. The molecule has 5 heteroatoms. The van der Waals surface area contributed by atoms with Crippen molar-refractivity contribution in [1.29, 1.82) is 0 Å². The van der Waals surface area contributed by atoms with Crippen molar-refractivity contribution in [2.45, 2.75) is 25.8 Å². The Bertz CT molecular complexity index is 418. The lowest BCUT2D eigenvalue weighted by molar-refractivity contribution is 0.0578. The average Bonchev–Trinajstić information content (AvgIpc) is 2.86. The van der Waals surface area contributed by atoms with Gasteiger partial charge in [-0.2, -0.15) is 0 Å². The number of amides is 1. The molecule has 2 unspecified atom stereocenters. The van der Waals surface area contributed by atoms with E-state index in [1.807, 2.05) is 24.1 Å². The number of nitrogens with two attached hydrogens (primary N) is 1. The monoisotopic (exact) mass is 267 g/mol. The number of nitrogens with zero attached hydrogens (tertiary/aromatic N) is 1. The summed E-state index contributed by atoms with van der Waals surface area (Å²) in [4.78, 5) is 15.2. The molecular weight excluding hydrogens is 246 g/mol. The number of likely N-dealkylation sites (tertiary alicyclic amines) is 1. The lowest BCUT2D eigenvalue weighted by Gasteiger charge is -2.37. The van der Waals surface area contributed by atoms with Crippen LogP contribution in [-0.4, -0.2) is 37.0 Å². The summed E-state index contributed by atoms with van der Waals surface area (Å²) in [7, 11) is 1.87. The third kappa shape index (κ3) is 2.67. The van der Waals surface area contributed by atoms with Gasteiger partial charge in [0.2, 0.25) is 0 Å². The van der Waals surface area contributed by atoms with E-state index < -0.39 is 0 Å². The van der Waals surface area contributed by atoms with E-state index in [0.29, 0.717) is 12.5 Å². The quantitative estimate of drug-likeness (QED) is 0.880. The Kier molecular flexibility index (Phi) is 4.24. The molecule has 0 aliphatic carbocycles. The van der Waals surface area contributed by atoms with Gasteiger partial charge < -0.3 is 16.0 Å². The lowest BCUT2D eigenvalue weighted by atomic mass is 9.92. The van der Waals surface area contributed by atoms with Crippen molar-refractivity contribution < 1.29 is 4.79 Å². The molecule has 2 rings (SSSR count). The summed E-state index contributed by atoms with van der Waals surface area (Å²) >= 11 is 1.50. The van der Waals surface area contributed by atoms with E-state index in [9.17, 15) is 4.79 Å². The molecule has 2 atom stereocenters. The zero-order valence-electron chi connectivity index (χ0n) is 11.0. The Hall–Kier alpha value is -1.07. The fourth-order valence-corrected chi connectivity index (χ4v) is 3.29. The van der Waals surface area contributed by atoms with Crippen molar-refractivity contribution in [3.8, 4) is 0 Å². The molecule has 100 valence electrons. The van der Waals surface area contributed by atoms with E-state index in [2.05, 4.69) is 12.2 Å². The van der Waals surface area contributed by atoms with Crippen LogP contribution in [-0.2, 0) is 0 Å². The number of hydrogen-bond donors (Lipinski definition) is 2. The number of hydrogen-bond acceptors (Lipinski definition) is 4. The molecule has 1 aromatic rings. The zero-order chi connectivity index (χ0) is 13.1. The van der Waals surface area contributed by atoms with Gasteiger partial charge in [0.25, 0.3) is 5.91 Å². The van der Waals surface area contributed by atoms with Crippen LogP contribution in [0.3, 0.4) is 0 Å². The van der Waals surface area contributed by atoms with Crippen LogP contribution in [0.2, 0.25) is 0 Å². The molecule has 1 fully saturated rings. The van der Waals surface area contributed by atoms with Crippen LogP contribution in [0, 0.1) is 5.92 Å². The third-order valence-corrected chi connectivity index (χ3v) is 4.66. The Morgan fingerprint density at radius 3 is 3.00 bits per heavy atom. The second-order valence-corrected chi connectivity index (χ2v) is 6.02. The molecule has 0 bridgehead atoms. The maximum atomic E-state index is 12.5. The van der Waals surface area contributed by atoms with Gasteiger partial charge in [-0.3, -0.25) is 4.79 Å². The molecule has 0 aromatic carbocycles. The highest BCUT2D eigenvalue weighted by Gasteiger charge is 2.30. The van der Waals surface area contributed by atoms with Crippen molar-refractivity contribution in [2.75, 3.05) is 25.5 Å². The minimum atomic E-state index is 0.129. The first-order chi connectivity index (χ1) is 8.65. The standard InChI is InChI=1S/C13H21N3OS/c1-9-5-6-16(10(7-9)8-14)13(17)11-3-4-12(15-2)18-11/h3-4,9-10,15H,5-8,14H2,1-2H3. The number of thiophene rings is 1. The number of carbonyl (C=O) groups excluding carboxylic acids is 1. The number of anilines is 1. The summed E-state index contributed by atoms with van der Waals surface area (Å²) in [5.41, 5.74) is 5.80. The van der Waals surface area contributed by atoms with Gasteiger partial charge in [-0.05, 0) is 30.9 Å². The van der Waals surface area contributed by atoms with E-state index >= 15 is 0 Å². The normalized spacial score (nSPS) is 24.1. The van der Waals surface area contributed by atoms with E-state index in [4.69, 9.17) is 5.73 Å². The van der Waals surface area contributed by atoms with Crippen LogP contribution >= 0.6 is 11.3 Å². The van der Waals surface area contributed by atoms with Crippen LogP contribution in [0.25, 0.3) is 0 Å². The summed E-state index contributed by atoms with van der Waals surface area (Å²) in [6.07, 6.45) is 2.10. The van der Waals surface area contributed by atoms with E-state index in [0.717, 1.165) is 29.3 Å². The SMILES string of the molecule is CNc1ccc(C(=O)N2CCC(C)CC2CN)s1. The van der Waals surface area contributed by atoms with Gasteiger partial charge in [-0.1, -0.05) is 6.92 Å². The predicted molar refractivity (Wildman–Crippen MR) is 76.1 cm³/mol. The van der Waals surface area contributed by atoms with Crippen LogP contribution in [0.4, 0.5) is 5.00 Å². The molecule has 1 aliphatic heterocycles. The van der Waals surface area contributed by atoms with Crippen LogP contribution in [0.5, 0.6) is 0 Å². The molecule has 1 amide bonds. The summed E-state index contributed by atoms with van der Waals surface area (Å²) in [6, 6.07) is 4.04. The summed E-state index contributed by atoms with van der Waals surface area (Å²) in [5.74, 6) is 0.794. The maximum Gasteiger partial charge on any atom is 0.264 e. The van der Waals surface area contributed by atoms with Gasteiger partial charge in [0, 0.05) is 26.2 Å². The average molecular weight is 267 g/mol. The van der Waals surface area contributed by atoms with E-state index in [1.54, 1.807) is 0 Å². The highest BCUT2D eigenvalue weighted by Crippen LogP contribution is 2.27. The van der Waals surface area contributed by atoms with Crippen LogP contribution in [0.1, 0.15) is 29.4 Å². The lowest BCUT2D eigenvalue weighted by Crippen LogP contribution is -2.49. The molecule has 1 aliphatic rings. The molecule has 0 spiro atoms. The Morgan fingerprint density at radius 1 is 1.61 bits per heavy atom. The minimum absolute atomic E-state index is 0.129. The smallest absolute Gasteiger partial charge is 0.264 e. The van der Waals surface area contributed by atoms with E-state index in [1.165, 1.54) is 11.3 Å². The van der Waals surface area contributed by atoms with Crippen LogP contribution in [0.15, 0.2) is 12.1 Å². The Labute approximate surface area is 112 Å². The molecule has 4 nitrogen and oxygen atoms in total. The first-order valence-electron chi connectivity index (χ1n) is 6.44. The summed E-state index contributed by atoms with van der Waals surface area (Å²) < 4.78 is 0. The van der Waals surface area contributed by atoms with Crippen LogP contribution < -0.4 is 11.1 Å². The Balaban J connectivity index is 2.11. The van der Waals surface area contributed by atoms with Gasteiger partial charge in [-0.25, -0.2) is 0 Å². The molecule has 1 saturated heterocycles. The van der Waals surface area contributed by atoms with Gasteiger partial charge in [0.15, 0.2) is 0 Å². The summed E-state index contributed by atoms with van der Waals surface area (Å²) in [6.45, 7) is 3.61. The first kappa shape index (κ1) is 13.4. The van der Waals surface area contributed by atoms with E-state index in [-0.39, 0.29) is 11.9 Å². The fourth-order valence-electron chi connectivity index (χ4n) is 2.47. The van der Waals surface area contributed by atoms with Crippen molar-refractivity contribution in [3.63, 3.8) is 0 Å². The molecule has 0 saturated carbocycles. The largest absolute Gasteiger partial charge is 0.380 e. The zero-order valence-corrected chi connectivity index (χ0v) is 11.8. The maximum absolute atomic E-state index is 12.5. The van der Waals surface area contributed by atoms with Gasteiger partial charge in [0.1, 0.15) is 0 Å². The fraction of sp³-hybridized carbons (Fsp3) is 0.615. The van der Waals surface area contributed by atoms with Crippen molar-refractivity contribution in [2.24, 2.45) is 11.7 Å². The molecule has 0 radical (unpaired) electrons. The number of rotatable bonds is 3. The molecule has 18 heavy (non-hydrogen) atoms. The molecule has 2 heterocycles. The third-order valence-electron chi connectivity index (χ3n) is 3.57. The molecule has 1 aromatic heterocycles. The predicted octanol–water partition coefficient (Wildman–Crippen LogP) is 1.99. The highest BCUT2D eigenvalue weighted by atomic mass is 32.1. The van der Waals surface area contributed by atoms with Gasteiger partial charge >= 0.3 is 0 Å². The second-order valence-electron chi connectivity index (χ2n) is 4.93. The second kappa shape index (κ2) is 5.71. The minimum Gasteiger partial charge on any atom is -0.380 e. The van der Waals surface area contributed by atoms with Gasteiger partial charge in [0.05, 0.1) is 9.88 Å².